The van der Waals surface area contributed by atoms with Crippen LogP contribution in [0.1, 0.15) is 24.2 Å². The van der Waals surface area contributed by atoms with Crippen LogP contribution < -0.4 is 10.0 Å². The fourth-order valence-corrected chi connectivity index (χ4v) is 4.22. The van der Waals surface area contributed by atoms with E-state index in [-0.39, 0.29) is 16.6 Å². The van der Waals surface area contributed by atoms with Crippen LogP contribution in [0.2, 0.25) is 0 Å². The van der Waals surface area contributed by atoms with Crippen LogP contribution in [-0.4, -0.2) is 25.1 Å². The molecule has 1 amide bonds. The Morgan fingerprint density at radius 1 is 1.04 bits per heavy atom. The van der Waals surface area contributed by atoms with Gasteiger partial charge in [-0.05, 0) is 37.3 Å². The molecule has 0 fully saturated rings. The molecule has 3 aromatic rings. The molecule has 2 aromatic carbocycles. The summed E-state index contributed by atoms with van der Waals surface area (Å²) in [6, 6.07) is 10.7. The number of amides is 1. The third-order valence-electron chi connectivity index (χ3n) is 3.49. The third kappa shape index (κ3) is 3.89. The normalized spacial score (nSPS) is 11.3. The monoisotopic (exact) mass is 389 g/mol. The third-order valence-corrected chi connectivity index (χ3v) is 5.84. The summed E-state index contributed by atoms with van der Waals surface area (Å²) < 4.78 is 28.3. The van der Waals surface area contributed by atoms with E-state index in [1.807, 2.05) is 0 Å². The minimum absolute atomic E-state index is 0.0554. The lowest BCUT2D eigenvalue weighted by Gasteiger charge is -2.08. The maximum atomic E-state index is 12.5. The molecule has 0 saturated heterocycles. The highest BCUT2D eigenvalue weighted by Crippen LogP contribution is 2.29. The van der Waals surface area contributed by atoms with Crippen molar-refractivity contribution in [3.8, 4) is 0 Å². The first-order chi connectivity index (χ1) is 12.2. The van der Waals surface area contributed by atoms with Crippen molar-refractivity contribution in [3.05, 3.63) is 48.0 Å². The van der Waals surface area contributed by atoms with Gasteiger partial charge in [0.25, 0.3) is 10.0 Å². The van der Waals surface area contributed by atoms with Crippen LogP contribution in [0.25, 0.3) is 10.2 Å². The Labute approximate surface area is 154 Å². The summed E-state index contributed by atoms with van der Waals surface area (Å²) in [5.74, 6) is -0.357. The molecule has 2 N–H and O–H groups in total. The Morgan fingerprint density at radius 2 is 1.73 bits per heavy atom. The average molecular weight is 389 g/mol. The number of carbonyl (C=O) groups excluding carboxylic acids is 2. The number of benzene rings is 2. The number of nitrogens with one attached hydrogen (secondary N) is 2. The predicted octanol–water partition coefficient (Wildman–Crippen LogP) is 3.26. The first kappa shape index (κ1) is 18.0. The zero-order chi connectivity index (χ0) is 18.9. The van der Waals surface area contributed by atoms with Gasteiger partial charge in [-0.3, -0.25) is 14.3 Å². The topological polar surface area (TPSA) is 105 Å². The highest BCUT2D eigenvalue weighted by atomic mass is 32.2. The van der Waals surface area contributed by atoms with Gasteiger partial charge in [0.05, 0.1) is 20.8 Å². The van der Waals surface area contributed by atoms with E-state index < -0.39 is 10.0 Å². The Morgan fingerprint density at radius 3 is 2.35 bits per heavy atom. The van der Waals surface area contributed by atoms with Gasteiger partial charge in [0.1, 0.15) is 0 Å². The number of carbonyl (C=O) groups is 2. The number of hydrogen-bond donors (Lipinski definition) is 2. The van der Waals surface area contributed by atoms with Gasteiger partial charge in [0.2, 0.25) is 5.91 Å². The van der Waals surface area contributed by atoms with Crippen molar-refractivity contribution in [2.45, 2.75) is 18.7 Å². The van der Waals surface area contributed by atoms with E-state index in [4.69, 9.17) is 0 Å². The quantitative estimate of drug-likeness (QED) is 0.652. The molecular weight excluding hydrogens is 374 g/mol. The predicted molar refractivity (Wildman–Crippen MR) is 101 cm³/mol. The van der Waals surface area contributed by atoms with Crippen LogP contribution in [0.15, 0.2) is 47.4 Å². The van der Waals surface area contributed by atoms with Gasteiger partial charge in [-0.2, -0.15) is 0 Å². The molecule has 0 radical (unpaired) electrons. The van der Waals surface area contributed by atoms with Gasteiger partial charge in [0.15, 0.2) is 10.9 Å². The highest BCUT2D eigenvalue weighted by Gasteiger charge is 2.15. The molecule has 0 aliphatic carbocycles. The SMILES string of the molecule is CC(=O)Nc1nc2cc(NS(=O)(=O)c3ccc(C(C)=O)cc3)ccc2s1. The Hall–Kier alpha value is -2.78. The Balaban J connectivity index is 1.86. The summed E-state index contributed by atoms with van der Waals surface area (Å²) in [6.45, 7) is 2.81. The number of nitrogens with zero attached hydrogens (tertiary/aromatic N) is 1. The molecule has 1 heterocycles. The van der Waals surface area contributed by atoms with E-state index in [1.165, 1.54) is 49.4 Å². The number of rotatable bonds is 5. The largest absolute Gasteiger partial charge is 0.302 e. The molecule has 1 aromatic heterocycles. The summed E-state index contributed by atoms with van der Waals surface area (Å²) in [5.41, 5.74) is 1.37. The first-order valence-corrected chi connectivity index (χ1v) is 9.86. The van der Waals surface area contributed by atoms with Crippen molar-refractivity contribution >= 4 is 54.1 Å². The summed E-state index contributed by atoms with van der Waals surface area (Å²) in [5, 5.41) is 3.06. The first-order valence-electron chi connectivity index (χ1n) is 7.56. The molecule has 9 heteroatoms. The number of thiazole rings is 1. The van der Waals surface area contributed by atoms with Gasteiger partial charge < -0.3 is 5.32 Å². The Bertz CT molecular complexity index is 1100. The number of hydrogen-bond acceptors (Lipinski definition) is 6. The van der Waals surface area contributed by atoms with Crippen LogP contribution in [0.4, 0.5) is 10.8 Å². The maximum Gasteiger partial charge on any atom is 0.261 e. The molecule has 134 valence electrons. The zero-order valence-electron chi connectivity index (χ0n) is 13.9. The molecular formula is C17H15N3O4S2. The van der Waals surface area contributed by atoms with Crippen LogP contribution in [0.3, 0.4) is 0 Å². The number of Topliss-reactive ketones (excluding diaryl/α,β-unsaturated/α-hetero) is 1. The molecule has 0 atom stereocenters. The van der Waals surface area contributed by atoms with Crippen molar-refractivity contribution in [2.75, 3.05) is 10.0 Å². The second-order valence-electron chi connectivity index (χ2n) is 5.57. The smallest absolute Gasteiger partial charge is 0.261 e. The van der Waals surface area contributed by atoms with Gasteiger partial charge in [0, 0.05) is 12.5 Å². The second kappa shape index (κ2) is 6.85. The van der Waals surface area contributed by atoms with Crippen LogP contribution in [0.5, 0.6) is 0 Å². The number of ketones is 1. The molecule has 7 nitrogen and oxygen atoms in total. The molecule has 3 rings (SSSR count). The van der Waals surface area contributed by atoms with E-state index in [1.54, 1.807) is 18.2 Å². The molecule has 0 aliphatic rings. The summed E-state index contributed by atoms with van der Waals surface area (Å²) in [4.78, 5) is 26.7. The number of sulfonamides is 1. The minimum atomic E-state index is -3.79. The second-order valence-corrected chi connectivity index (χ2v) is 8.28. The van der Waals surface area contributed by atoms with E-state index in [0.29, 0.717) is 21.9 Å². The molecule has 0 aliphatic heterocycles. The van der Waals surface area contributed by atoms with Crippen LogP contribution in [-0.2, 0) is 14.8 Å². The van der Waals surface area contributed by atoms with E-state index in [0.717, 1.165) is 4.70 Å². The van der Waals surface area contributed by atoms with Crippen molar-refractivity contribution in [1.29, 1.82) is 0 Å². The lowest BCUT2D eigenvalue weighted by atomic mass is 10.2. The van der Waals surface area contributed by atoms with E-state index >= 15 is 0 Å². The summed E-state index contributed by atoms with van der Waals surface area (Å²) >= 11 is 1.30. The van der Waals surface area contributed by atoms with Crippen molar-refractivity contribution in [1.82, 2.24) is 4.98 Å². The minimum Gasteiger partial charge on any atom is -0.302 e. The van der Waals surface area contributed by atoms with Gasteiger partial charge >= 0.3 is 0 Å². The number of fused-ring (bicyclic) bond motifs is 1. The van der Waals surface area contributed by atoms with Crippen molar-refractivity contribution in [3.63, 3.8) is 0 Å². The lowest BCUT2D eigenvalue weighted by molar-refractivity contribution is -0.114. The van der Waals surface area contributed by atoms with E-state index in [9.17, 15) is 18.0 Å². The Kier molecular flexibility index (Phi) is 4.75. The lowest BCUT2D eigenvalue weighted by Crippen LogP contribution is -2.13. The van der Waals surface area contributed by atoms with E-state index in [2.05, 4.69) is 15.0 Å². The van der Waals surface area contributed by atoms with Crippen LogP contribution >= 0.6 is 11.3 Å². The summed E-state index contributed by atoms with van der Waals surface area (Å²) in [6.07, 6.45) is 0. The molecule has 0 unspecified atom stereocenters. The number of aromatic nitrogens is 1. The molecule has 0 bridgehead atoms. The van der Waals surface area contributed by atoms with Gasteiger partial charge in [-0.1, -0.05) is 23.5 Å². The fourth-order valence-electron chi connectivity index (χ4n) is 2.28. The molecule has 0 spiro atoms. The average Bonchev–Trinajstić information content (AvgIpc) is 2.95. The van der Waals surface area contributed by atoms with Crippen LogP contribution in [0, 0.1) is 0 Å². The molecule has 26 heavy (non-hydrogen) atoms. The van der Waals surface area contributed by atoms with Gasteiger partial charge in [-0.25, -0.2) is 13.4 Å². The fraction of sp³-hybridized carbons (Fsp3) is 0.118. The van der Waals surface area contributed by atoms with Crippen molar-refractivity contribution < 1.29 is 18.0 Å². The van der Waals surface area contributed by atoms with Crippen molar-refractivity contribution in [2.24, 2.45) is 0 Å². The standard InChI is InChI=1S/C17H15N3O4S2/c1-10(21)12-3-6-14(7-4-12)26(23,24)20-13-5-8-16-15(9-13)19-17(25-16)18-11(2)22/h3-9,20H,1-2H3,(H,18,19,22). The highest BCUT2D eigenvalue weighted by molar-refractivity contribution is 7.92. The summed E-state index contributed by atoms with van der Waals surface area (Å²) in [7, 11) is -3.79. The number of anilines is 2. The molecule has 0 saturated carbocycles. The zero-order valence-corrected chi connectivity index (χ0v) is 15.6. The maximum absolute atomic E-state index is 12.5. The van der Waals surface area contributed by atoms with Gasteiger partial charge in [-0.15, -0.1) is 0 Å².